The van der Waals surface area contributed by atoms with Crippen LogP contribution in [0.4, 0.5) is 0 Å². The van der Waals surface area contributed by atoms with E-state index in [1.54, 1.807) is 0 Å². The Morgan fingerprint density at radius 3 is 2.17 bits per heavy atom. The molecule has 0 spiro atoms. The van der Waals surface area contributed by atoms with Gasteiger partial charge < -0.3 is 0 Å². The van der Waals surface area contributed by atoms with Gasteiger partial charge >= 0.3 is 77.2 Å². The maximum atomic E-state index is 9.22. The number of aliphatic hydroxyl groups is 4. The van der Waals surface area contributed by atoms with Gasteiger partial charge in [-0.25, -0.2) is 0 Å². The van der Waals surface area contributed by atoms with Crippen molar-refractivity contribution in [1.29, 1.82) is 0 Å². The van der Waals surface area contributed by atoms with Gasteiger partial charge in [0, 0.05) is 0 Å². The molecule has 6 heteroatoms. The van der Waals surface area contributed by atoms with Crippen molar-refractivity contribution < 1.29 is 25.2 Å². The van der Waals surface area contributed by atoms with Gasteiger partial charge in [0.15, 0.2) is 0 Å². The molecule has 1 radical (unpaired) electrons. The fraction of sp³-hybridized carbons (Fsp3) is 1.00. The topological polar surface area (TPSA) is 90.2 Å². The first-order valence-corrected chi connectivity index (χ1v) is 4.53. The normalized spacial score (nSPS) is 49.2. The molecule has 1 fully saturated rings. The van der Waals surface area contributed by atoms with Gasteiger partial charge in [-0.05, 0) is 0 Å². The van der Waals surface area contributed by atoms with Crippen LogP contribution in [0.2, 0.25) is 0 Å². The fourth-order valence-corrected chi connectivity index (χ4v) is 1.70. The van der Waals surface area contributed by atoms with Crippen LogP contribution in [0.25, 0.3) is 0 Å². The maximum absolute atomic E-state index is 9.22. The summed E-state index contributed by atoms with van der Waals surface area (Å²) in [5, 5.41) is 35.6. The van der Waals surface area contributed by atoms with E-state index in [-0.39, 0.29) is 6.61 Å². The molecule has 4 N–H and O–H groups in total. The zero-order valence-corrected chi connectivity index (χ0v) is 7.91. The Labute approximate surface area is 77.8 Å². The summed E-state index contributed by atoms with van der Waals surface area (Å²) in [5.74, 6) is 0. The first-order valence-electron chi connectivity index (χ1n) is 3.54. The van der Waals surface area contributed by atoms with Crippen molar-refractivity contribution in [2.24, 2.45) is 0 Å². The summed E-state index contributed by atoms with van der Waals surface area (Å²) < 4.78 is 4.96. The summed E-state index contributed by atoms with van der Waals surface area (Å²) in [6.07, 6.45) is -4.51. The monoisotopic (exact) mass is 243 g/mol. The van der Waals surface area contributed by atoms with Crippen molar-refractivity contribution in [2.45, 2.75) is 29.4 Å². The van der Waals surface area contributed by atoms with Gasteiger partial charge in [0.25, 0.3) is 0 Å². The van der Waals surface area contributed by atoms with E-state index in [1.165, 1.54) is 0 Å². The Morgan fingerprint density at radius 1 is 1.08 bits per heavy atom. The molecule has 0 aromatic carbocycles. The molecule has 0 aliphatic carbocycles. The van der Waals surface area contributed by atoms with Gasteiger partial charge in [-0.15, -0.1) is 0 Å². The second-order valence-electron chi connectivity index (χ2n) is 2.70. The van der Waals surface area contributed by atoms with Crippen LogP contribution < -0.4 is 0 Å². The number of hydrogen-bond acceptors (Lipinski definition) is 5. The molecular weight excluding hydrogens is 231 g/mol. The average Bonchev–Trinajstić information content (AvgIpc) is 2.08. The van der Waals surface area contributed by atoms with E-state index < -0.39 is 29.4 Å². The molecule has 0 saturated carbocycles. The average molecular weight is 242 g/mol. The molecule has 71 valence electrons. The molecule has 1 heterocycles. The molecule has 1 aliphatic rings. The van der Waals surface area contributed by atoms with Gasteiger partial charge in [-0.1, -0.05) is 0 Å². The Bertz CT molecular complexity index is 150. The van der Waals surface area contributed by atoms with E-state index in [1.807, 2.05) is 0 Å². The molecule has 0 aromatic rings. The van der Waals surface area contributed by atoms with Gasteiger partial charge in [0.1, 0.15) is 0 Å². The van der Waals surface area contributed by atoms with E-state index >= 15 is 0 Å². The third kappa shape index (κ3) is 1.80. The van der Waals surface area contributed by atoms with Crippen LogP contribution in [0.15, 0.2) is 0 Å². The molecule has 5 unspecified atom stereocenters. The van der Waals surface area contributed by atoms with Crippen LogP contribution >= 0.6 is 0 Å². The van der Waals surface area contributed by atoms with Gasteiger partial charge in [-0.2, -0.15) is 0 Å². The van der Waals surface area contributed by atoms with Crippen LogP contribution in [0, 0.1) is 0 Å². The summed E-state index contributed by atoms with van der Waals surface area (Å²) in [6, 6.07) is 0. The molecule has 5 nitrogen and oxygen atoms in total. The zero-order chi connectivity index (χ0) is 9.30. The summed E-state index contributed by atoms with van der Waals surface area (Å²) in [4.78, 5) is 0. The Kier molecular flexibility index (Phi) is 3.48. The minimum absolute atomic E-state index is 0.386. The predicted octanol–water partition coefficient (Wildman–Crippen LogP) is -3.05. The van der Waals surface area contributed by atoms with Crippen molar-refractivity contribution in [3.63, 3.8) is 0 Å². The van der Waals surface area contributed by atoms with E-state index in [0.717, 1.165) is 0 Å². The summed E-state index contributed by atoms with van der Waals surface area (Å²) in [5.41, 5.74) is 0. The predicted molar refractivity (Wildman–Crippen MR) is 39.5 cm³/mol. The van der Waals surface area contributed by atoms with Crippen LogP contribution in [-0.2, 0) is 4.74 Å². The summed E-state index contributed by atoms with van der Waals surface area (Å²) in [6.45, 7) is -0.386. The second kappa shape index (κ2) is 4.02. The van der Waals surface area contributed by atoms with E-state index in [0.29, 0.717) is 0 Å². The van der Waals surface area contributed by atoms with Crippen LogP contribution in [0.1, 0.15) is 0 Å². The minimum atomic E-state index is -1.28. The van der Waals surface area contributed by atoms with Gasteiger partial charge in [0.05, 0.1) is 0 Å². The number of aliphatic hydroxyl groups excluding tert-OH is 4. The SMILES string of the molecule is OCC1OC([Se])C(O)C(O)C1O. The molecule has 0 bridgehead atoms. The standard InChI is InChI=1S/C6H11O5Se/c7-1-2-3(8)4(9)5(10)6(12)11-2/h2-10H,1H2. The van der Waals surface area contributed by atoms with Gasteiger partial charge in [-0.3, -0.25) is 0 Å². The van der Waals surface area contributed by atoms with Crippen molar-refractivity contribution in [2.75, 3.05) is 6.61 Å². The quantitative estimate of drug-likeness (QED) is 0.367. The molecule has 1 aliphatic heterocycles. The first-order chi connectivity index (χ1) is 5.57. The van der Waals surface area contributed by atoms with Crippen LogP contribution in [0.3, 0.4) is 0 Å². The molecule has 1 saturated heterocycles. The van der Waals surface area contributed by atoms with E-state index in [9.17, 15) is 15.3 Å². The Balaban J connectivity index is 2.63. The van der Waals surface area contributed by atoms with E-state index in [2.05, 4.69) is 16.0 Å². The van der Waals surface area contributed by atoms with Crippen molar-refractivity contribution in [1.82, 2.24) is 0 Å². The molecule has 0 amide bonds. The molecule has 12 heavy (non-hydrogen) atoms. The summed E-state index contributed by atoms with van der Waals surface area (Å²) >= 11 is 2.49. The molecular formula is C6H11O5Se. The van der Waals surface area contributed by atoms with Crippen LogP contribution in [-0.4, -0.2) is 72.5 Å². The third-order valence-electron chi connectivity index (χ3n) is 1.85. The Morgan fingerprint density at radius 2 is 1.67 bits per heavy atom. The van der Waals surface area contributed by atoms with Crippen molar-refractivity contribution >= 4 is 16.0 Å². The molecule has 5 atom stereocenters. The number of ether oxygens (including phenoxy) is 1. The van der Waals surface area contributed by atoms with Crippen LogP contribution in [0.5, 0.6) is 0 Å². The van der Waals surface area contributed by atoms with E-state index in [4.69, 9.17) is 9.84 Å². The zero-order valence-electron chi connectivity index (χ0n) is 6.20. The fourth-order valence-electron chi connectivity index (χ4n) is 1.07. The van der Waals surface area contributed by atoms with Crippen molar-refractivity contribution in [3.8, 4) is 0 Å². The Hall–Kier alpha value is 0.319. The molecule has 0 aromatic heterocycles. The molecule has 1 rings (SSSR count). The second-order valence-corrected chi connectivity index (χ2v) is 3.67. The number of rotatable bonds is 1. The van der Waals surface area contributed by atoms with Gasteiger partial charge in [0.2, 0.25) is 0 Å². The van der Waals surface area contributed by atoms with Crippen molar-refractivity contribution in [3.05, 3.63) is 0 Å². The summed E-state index contributed by atoms with van der Waals surface area (Å²) in [7, 11) is 0. The number of hydrogen-bond donors (Lipinski definition) is 4. The first kappa shape index (κ1) is 10.4. The third-order valence-corrected chi connectivity index (χ3v) is 2.67.